The highest BCUT2D eigenvalue weighted by Gasteiger charge is 2.12. The fourth-order valence-corrected chi connectivity index (χ4v) is 1.53. The quantitative estimate of drug-likeness (QED) is 0.718. The van der Waals surface area contributed by atoms with Crippen molar-refractivity contribution in [3.63, 3.8) is 0 Å². The zero-order valence-corrected chi connectivity index (χ0v) is 10.9. The molecule has 1 aromatic heterocycles. The first kappa shape index (κ1) is 14.3. The third-order valence-corrected chi connectivity index (χ3v) is 2.41. The van der Waals surface area contributed by atoms with Crippen LogP contribution in [0.4, 0.5) is 11.5 Å². The fraction of sp³-hybridized carbons (Fsp3) is 0.0769. The van der Waals surface area contributed by atoms with Crippen LogP contribution in [0, 0.1) is 0 Å². The van der Waals surface area contributed by atoms with Gasteiger partial charge in [-0.15, -0.1) is 0 Å². The Morgan fingerprint density at radius 1 is 1.24 bits per heavy atom. The molecule has 0 fully saturated rings. The SMILES string of the molecule is NC(=O)COc1cccc(NC(=O)c2nccnc2N)c1. The van der Waals surface area contributed by atoms with Crippen LogP contribution in [0.2, 0.25) is 0 Å². The van der Waals surface area contributed by atoms with Gasteiger partial charge in [-0.2, -0.15) is 0 Å². The maximum atomic E-state index is 12.0. The first-order chi connectivity index (χ1) is 10.1. The van der Waals surface area contributed by atoms with Crippen molar-refractivity contribution < 1.29 is 14.3 Å². The number of nitrogens with one attached hydrogen (secondary N) is 1. The van der Waals surface area contributed by atoms with E-state index in [0.29, 0.717) is 11.4 Å². The summed E-state index contributed by atoms with van der Waals surface area (Å²) in [5.41, 5.74) is 11.1. The minimum atomic E-state index is -0.586. The Kier molecular flexibility index (Phi) is 4.30. The van der Waals surface area contributed by atoms with Gasteiger partial charge in [-0.1, -0.05) is 6.07 Å². The van der Waals surface area contributed by atoms with Crippen LogP contribution in [0.1, 0.15) is 10.5 Å². The van der Waals surface area contributed by atoms with Crippen molar-refractivity contribution in [3.05, 3.63) is 42.4 Å². The summed E-state index contributed by atoms with van der Waals surface area (Å²) in [6.07, 6.45) is 2.77. The van der Waals surface area contributed by atoms with Crippen molar-refractivity contribution >= 4 is 23.3 Å². The second-order valence-corrected chi connectivity index (χ2v) is 4.03. The van der Waals surface area contributed by atoms with Crippen molar-refractivity contribution in [1.29, 1.82) is 0 Å². The largest absolute Gasteiger partial charge is 0.484 e. The van der Waals surface area contributed by atoms with E-state index in [9.17, 15) is 9.59 Å². The third-order valence-electron chi connectivity index (χ3n) is 2.41. The number of ether oxygens (including phenoxy) is 1. The highest BCUT2D eigenvalue weighted by molar-refractivity contribution is 6.05. The van der Waals surface area contributed by atoms with E-state index in [4.69, 9.17) is 16.2 Å². The van der Waals surface area contributed by atoms with Gasteiger partial charge in [0.25, 0.3) is 11.8 Å². The van der Waals surface area contributed by atoms with Gasteiger partial charge in [0, 0.05) is 24.1 Å². The minimum absolute atomic E-state index is 0.0287. The van der Waals surface area contributed by atoms with Gasteiger partial charge in [-0.05, 0) is 12.1 Å². The van der Waals surface area contributed by atoms with E-state index >= 15 is 0 Å². The summed E-state index contributed by atoms with van der Waals surface area (Å²) in [4.78, 5) is 30.3. The van der Waals surface area contributed by atoms with Crippen molar-refractivity contribution in [2.75, 3.05) is 17.7 Å². The van der Waals surface area contributed by atoms with E-state index in [0.717, 1.165) is 0 Å². The van der Waals surface area contributed by atoms with Crippen LogP contribution in [0.15, 0.2) is 36.7 Å². The van der Waals surface area contributed by atoms with Gasteiger partial charge < -0.3 is 21.5 Å². The monoisotopic (exact) mass is 287 g/mol. The van der Waals surface area contributed by atoms with E-state index in [2.05, 4.69) is 15.3 Å². The number of hydrogen-bond acceptors (Lipinski definition) is 6. The molecule has 1 aromatic carbocycles. The Balaban J connectivity index is 2.09. The first-order valence-electron chi connectivity index (χ1n) is 5.95. The van der Waals surface area contributed by atoms with Gasteiger partial charge in [-0.25, -0.2) is 9.97 Å². The Morgan fingerprint density at radius 3 is 2.71 bits per heavy atom. The van der Waals surface area contributed by atoms with E-state index < -0.39 is 11.8 Å². The van der Waals surface area contributed by atoms with Crippen LogP contribution in [0.5, 0.6) is 5.75 Å². The molecule has 0 atom stereocenters. The van der Waals surface area contributed by atoms with Crippen LogP contribution in [-0.4, -0.2) is 28.4 Å². The van der Waals surface area contributed by atoms with Gasteiger partial charge in [0.1, 0.15) is 5.75 Å². The molecule has 0 unspecified atom stereocenters. The Morgan fingerprint density at radius 2 is 2.00 bits per heavy atom. The van der Waals surface area contributed by atoms with E-state index in [1.807, 2.05) is 0 Å². The first-order valence-corrected chi connectivity index (χ1v) is 5.95. The van der Waals surface area contributed by atoms with Crippen molar-refractivity contribution in [2.24, 2.45) is 5.73 Å². The third kappa shape index (κ3) is 3.90. The lowest BCUT2D eigenvalue weighted by Crippen LogP contribution is -2.20. The molecular weight excluding hydrogens is 274 g/mol. The highest BCUT2D eigenvalue weighted by Crippen LogP contribution is 2.18. The molecule has 21 heavy (non-hydrogen) atoms. The Bertz CT molecular complexity index is 674. The smallest absolute Gasteiger partial charge is 0.278 e. The van der Waals surface area contributed by atoms with E-state index in [1.165, 1.54) is 12.4 Å². The maximum Gasteiger partial charge on any atom is 0.278 e. The molecule has 108 valence electrons. The average molecular weight is 287 g/mol. The predicted molar refractivity (Wildman–Crippen MR) is 75.5 cm³/mol. The zero-order chi connectivity index (χ0) is 15.2. The number of amides is 2. The van der Waals surface area contributed by atoms with Gasteiger partial charge in [0.2, 0.25) is 0 Å². The zero-order valence-electron chi connectivity index (χ0n) is 10.9. The molecule has 2 amide bonds. The van der Waals surface area contributed by atoms with Crippen molar-refractivity contribution in [2.45, 2.75) is 0 Å². The summed E-state index contributed by atoms with van der Waals surface area (Å²) in [5, 5.41) is 2.61. The summed E-state index contributed by atoms with van der Waals surface area (Å²) in [6, 6.07) is 6.50. The normalized spacial score (nSPS) is 9.90. The van der Waals surface area contributed by atoms with Gasteiger partial charge in [-0.3, -0.25) is 9.59 Å². The second kappa shape index (κ2) is 6.33. The molecule has 1 heterocycles. The highest BCUT2D eigenvalue weighted by atomic mass is 16.5. The number of aromatic nitrogens is 2. The van der Waals surface area contributed by atoms with Crippen LogP contribution >= 0.6 is 0 Å². The number of anilines is 2. The molecule has 0 aliphatic rings. The van der Waals surface area contributed by atoms with Gasteiger partial charge >= 0.3 is 0 Å². The molecule has 2 rings (SSSR count). The number of primary amides is 1. The molecule has 0 radical (unpaired) electrons. The lowest BCUT2D eigenvalue weighted by molar-refractivity contribution is -0.119. The number of nitrogens with zero attached hydrogens (tertiary/aromatic N) is 2. The number of rotatable bonds is 5. The number of hydrogen-bond donors (Lipinski definition) is 3. The number of carbonyl (C=O) groups excluding carboxylic acids is 2. The summed E-state index contributed by atoms with van der Waals surface area (Å²) in [7, 11) is 0. The fourth-order valence-electron chi connectivity index (χ4n) is 1.53. The summed E-state index contributed by atoms with van der Waals surface area (Å²) in [5.74, 6) is -0.640. The lowest BCUT2D eigenvalue weighted by Gasteiger charge is -2.08. The van der Waals surface area contributed by atoms with Crippen molar-refractivity contribution in [1.82, 2.24) is 9.97 Å². The summed E-state index contributed by atoms with van der Waals surface area (Å²) in [6.45, 7) is -0.242. The molecule has 5 N–H and O–H groups in total. The van der Waals surface area contributed by atoms with Crippen LogP contribution in [-0.2, 0) is 4.79 Å². The van der Waals surface area contributed by atoms with Crippen molar-refractivity contribution in [3.8, 4) is 5.75 Å². The number of nitrogens with two attached hydrogens (primary N) is 2. The molecular formula is C13H13N5O3. The Hall–Kier alpha value is -3.16. The van der Waals surface area contributed by atoms with Gasteiger partial charge in [0.15, 0.2) is 18.1 Å². The van der Waals surface area contributed by atoms with Crippen LogP contribution in [0.3, 0.4) is 0 Å². The minimum Gasteiger partial charge on any atom is -0.484 e. The van der Waals surface area contributed by atoms with Gasteiger partial charge in [0.05, 0.1) is 0 Å². The lowest BCUT2D eigenvalue weighted by atomic mass is 10.3. The summed E-state index contributed by atoms with van der Waals surface area (Å²) >= 11 is 0. The molecule has 8 heteroatoms. The molecule has 2 aromatic rings. The van der Waals surface area contributed by atoms with E-state index in [-0.39, 0.29) is 18.1 Å². The number of benzene rings is 1. The molecule has 0 bridgehead atoms. The molecule has 0 saturated carbocycles. The molecule has 0 aliphatic heterocycles. The maximum absolute atomic E-state index is 12.0. The molecule has 0 saturated heterocycles. The molecule has 0 spiro atoms. The molecule has 8 nitrogen and oxygen atoms in total. The van der Waals surface area contributed by atoms with E-state index in [1.54, 1.807) is 24.3 Å². The topological polar surface area (TPSA) is 133 Å². The number of nitrogen functional groups attached to an aromatic ring is 1. The predicted octanol–water partition coefficient (Wildman–Crippen LogP) is 0.175. The van der Waals surface area contributed by atoms with Crippen LogP contribution < -0.4 is 21.5 Å². The summed E-state index contributed by atoms with van der Waals surface area (Å²) < 4.78 is 5.14. The average Bonchev–Trinajstić information content (AvgIpc) is 2.46. The molecule has 0 aliphatic carbocycles. The standard InChI is InChI=1S/C13H13N5O3/c14-10(19)7-21-9-3-1-2-8(6-9)18-13(20)11-12(15)17-5-4-16-11/h1-6H,7H2,(H2,14,19)(H2,15,17)(H,18,20). The van der Waals surface area contributed by atoms with Crippen LogP contribution in [0.25, 0.3) is 0 Å². The second-order valence-electron chi connectivity index (χ2n) is 4.03. The Labute approximate surface area is 120 Å². The number of carbonyl (C=O) groups is 2.